The Morgan fingerprint density at radius 2 is 0.862 bits per heavy atom. The van der Waals surface area contributed by atoms with Crippen LogP contribution in [0.1, 0.15) is 66.1 Å². The molecule has 21 rings (SSSR count). The zero-order chi connectivity index (χ0) is 98.2. The maximum Gasteiger partial charge on any atom is 0.290 e. The van der Waals surface area contributed by atoms with Gasteiger partial charge < -0.3 is 59.0 Å². The van der Waals surface area contributed by atoms with Gasteiger partial charge in [0.15, 0.2) is 5.65 Å². The molecule has 138 heavy (non-hydrogen) atoms. The summed E-state index contributed by atoms with van der Waals surface area (Å²) in [7, 11) is -4.97. The van der Waals surface area contributed by atoms with Crippen LogP contribution in [0.3, 0.4) is 0 Å². The van der Waals surface area contributed by atoms with E-state index < -0.39 is 40.1 Å². The fourth-order valence-corrected chi connectivity index (χ4v) is 23.0. The number of carbonyl (C=O) groups is 4. The minimum absolute atomic E-state index is 0.168. The van der Waals surface area contributed by atoms with Crippen molar-refractivity contribution in [3.8, 4) is 28.6 Å². The molecule has 6 aliphatic heterocycles. The summed E-state index contributed by atoms with van der Waals surface area (Å²) < 4.78 is 132. The molecule has 0 saturated heterocycles. The second kappa shape index (κ2) is 44.2. The first-order valence-corrected chi connectivity index (χ1v) is 50.1. The number of imidazole rings is 1. The molecule has 0 atom stereocenters. The maximum atomic E-state index is 13.9. The summed E-state index contributed by atoms with van der Waals surface area (Å²) in [6.45, 7) is 9.94. The van der Waals surface area contributed by atoms with Gasteiger partial charge in [-0.2, -0.15) is 10.2 Å². The lowest BCUT2D eigenvalue weighted by Crippen LogP contribution is -2.29. The molecule has 10 aromatic heterocycles. The molecule has 0 saturated carbocycles. The Labute approximate surface area is 805 Å². The molecule has 0 radical (unpaired) electrons. The summed E-state index contributed by atoms with van der Waals surface area (Å²) in [4.78, 5) is 62.0. The van der Waals surface area contributed by atoms with Gasteiger partial charge >= 0.3 is 0 Å². The van der Waals surface area contributed by atoms with Gasteiger partial charge in [-0.15, -0.1) is 0 Å². The lowest BCUT2D eigenvalue weighted by molar-refractivity contribution is -0.123. The molecule has 718 valence electrons. The Balaban J connectivity index is 0.000000141. The first-order chi connectivity index (χ1) is 66.5. The van der Waals surface area contributed by atoms with Gasteiger partial charge in [0.25, 0.3) is 66.0 Å². The average Bonchev–Trinajstić information content (AvgIpc) is 1.58. The van der Waals surface area contributed by atoms with E-state index in [1.165, 1.54) is 39.4 Å². The van der Waals surface area contributed by atoms with Crippen LogP contribution in [0.4, 0.5) is 5.69 Å². The monoisotopic (exact) mass is 2010 g/mol. The van der Waals surface area contributed by atoms with E-state index in [1.807, 2.05) is 128 Å². The number of fused-ring (bicyclic) bond motifs is 6. The van der Waals surface area contributed by atoms with Gasteiger partial charge in [-0.05, 0) is 210 Å². The highest BCUT2D eigenvalue weighted by Gasteiger charge is 2.34. The third kappa shape index (κ3) is 21.7. The fraction of sp³-hybridized carbons (Fsp3) is 0.237. The second-order valence-corrected chi connectivity index (χ2v) is 40.7. The van der Waals surface area contributed by atoms with Crippen LogP contribution in [0, 0.1) is 0 Å². The van der Waals surface area contributed by atoms with Gasteiger partial charge in [0.05, 0.1) is 58.0 Å². The van der Waals surface area contributed by atoms with Crippen LogP contribution in [0.25, 0.3) is 83.1 Å². The molecule has 41 heteroatoms. The number of likely N-dealkylation sites (N-methyl/N-ethyl adjacent to an activating group) is 5. The molecule has 0 spiro atoms. The summed E-state index contributed by atoms with van der Waals surface area (Å²) in [5.41, 5.74) is 16.2. The van der Waals surface area contributed by atoms with E-state index in [4.69, 9.17) is 54.1 Å². The van der Waals surface area contributed by atoms with Crippen molar-refractivity contribution >= 4 is 154 Å². The van der Waals surface area contributed by atoms with Gasteiger partial charge in [-0.1, -0.05) is 47.2 Å². The third-order valence-electron chi connectivity index (χ3n) is 23.9. The Morgan fingerprint density at radius 1 is 0.420 bits per heavy atom. The van der Waals surface area contributed by atoms with Crippen molar-refractivity contribution in [1.29, 1.82) is 0 Å². The van der Waals surface area contributed by atoms with E-state index in [9.17, 15) is 33.7 Å². The van der Waals surface area contributed by atoms with Crippen LogP contribution >= 0.6 is 15.9 Å². The number of rotatable bonds is 16. The predicted octanol–water partition coefficient (Wildman–Crippen LogP) is 13.0. The van der Waals surface area contributed by atoms with Crippen LogP contribution in [0.2, 0.25) is 0 Å². The fourth-order valence-electron chi connectivity index (χ4n) is 16.8. The van der Waals surface area contributed by atoms with E-state index in [0.29, 0.717) is 53.3 Å². The predicted molar refractivity (Wildman–Crippen MR) is 529 cm³/mol. The summed E-state index contributed by atoms with van der Waals surface area (Å²) in [6, 6.07) is 40.1. The van der Waals surface area contributed by atoms with E-state index >= 15 is 0 Å². The molecule has 6 aliphatic rings. The largest absolute Gasteiger partial charge is 0.492 e. The number of hydrogen-bond acceptors (Lipinski definition) is 25. The Hall–Kier alpha value is -14.3. The quantitative estimate of drug-likeness (QED) is 0.0653. The highest BCUT2D eigenvalue weighted by molar-refractivity contribution is 9.10. The molecule has 15 aromatic rings. The number of benzene rings is 5. The van der Waals surface area contributed by atoms with Crippen LogP contribution in [0.15, 0.2) is 275 Å². The molecular weight excluding hydrogens is 1910 g/mol. The highest BCUT2D eigenvalue weighted by atomic mass is 79.9. The van der Waals surface area contributed by atoms with Gasteiger partial charge in [-0.3, -0.25) is 29.1 Å². The molecule has 0 aliphatic carbocycles. The zero-order valence-corrected chi connectivity index (χ0v) is 80.9. The minimum atomic E-state index is -3.91. The van der Waals surface area contributed by atoms with Crippen molar-refractivity contribution in [2.45, 2.75) is 65.0 Å². The number of carboxylic acid groups (broad SMARTS) is 4. The average molecular weight is 2020 g/mol. The molecule has 0 fully saturated rings. The third-order valence-corrected chi connectivity index (χ3v) is 31.0. The summed E-state index contributed by atoms with van der Waals surface area (Å²) in [6.07, 6.45) is 39.1. The van der Waals surface area contributed by atoms with Crippen molar-refractivity contribution in [3.63, 3.8) is 0 Å². The molecule has 0 bridgehead atoms. The SMILES string of the molecule is CCc1ccc2c(C3=CCN(C)CC3)cn(S(=O)(=O)c3cc(Br)cc4c3OCC4)c2n1.CN1CC=C(c2cn(S(=O)(=O)c3ccc4c(c3)OCCN4C)c3ccc(-n4cccn4)cc23)CC1.CN1CC=C(c2cn(S(=O)(=O)c3cccnc3)c3ccc(-n4cccn4)cc23)CC1.CN1CC=C(c2cn(S(=O)(=O)c3cccnc3)c3ccc(-n4ccnc4)cc23)CC1.O=CO.O=CO.O=CO.O=CO. The van der Waals surface area contributed by atoms with Crippen molar-refractivity contribution < 1.29 is 82.7 Å². The molecule has 16 heterocycles. The zero-order valence-electron chi connectivity index (χ0n) is 76.1. The molecule has 0 amide bonds. The number of ether oxygens (including phenoxy) is 2. The van der Waals surface area contributed by atoms with Gasteiger partial charge in [-0.25, -0.2) is 68.9 Å². The Morgan fingerprint density at radius 3 is 1.28 bits per heavy atom. The Bertz CT molecular complexity index is 7320. The van der Waals surface area contributed by atoms with E-state index in [-0.39, 0.29) is 45.5 Å². The minimum Gasteiger partial charge on any atom is -0.492 e. The van der Waals surface area contributed by atoms with Crippen LogP contribution < -0.4 is 14.4 Å². The number of aromatic nitrogens is 13. The van der Waals surface area contributed by atoms with E-state index in [1.54, 1.807) is 114 Å². The van der Waals surface area contributed by atoms with Crippen molar-refractivity contribution in [1.82, 2.24) is 79.6 Å². The Kier molecular flexibility index (Phi) is 31.9. The van der Waals surface area contributed by atoms with Gasteiger partial charge in [0, 0.05) is 224 Å². The number of aryl methyl sites for hydroxylation is 1. The van der Waals surface area contributed by atoms with Crippen LogP contribution in [-0.4, -0.2) is 267 Å². The summed E-state index contributed by atoms with van der Waals surface area (Å²) in [5, 5.41) is 39.8. The van der Waals surface area contributed by atoms with Gasteiger partial charge in [0.2, 0.25) is 0 Å². The lowest BCUT2D eigenvalue weighted by Gasteiger charge is -2.27. The maximum absolute atomic E-state index is 13.9. The van der Waals surface area contributed by atoms with E-state index in [2.05, 4.69) is 118 Å². The number of anilines is 1. The number of nitrogens with zero attached hydrogens (tertiary/aromatic N) is 18. The number of halogens is 1. The molecule has 36 nitrogen and oxygen atoms in total. The van der Waals surface area contributed by atoms with Crippen molar-refractivity contribution in [3.05, 3.63) is 289 Å². The molecule has 4 N–H and O–H groups in total. The normalized spacial score (nSPS) is 15.1. The topological polar surface area (TPSA) is 432 Å². The lowest BCUT2D eigenvalue weighted by atomic mass is 9.99. The smallest absolute Gasteiger partial charge is 0.290 e. The summed E-state index contributed by atoms with van der Waals surface area (Å²) in [5.74, 6) is 1.05. The molecule has 0 unspecified atom stereocenters. The highest BCUT2D eigenvalue weighted by Crippen LogP contribution is 2.43. The standard InChI is InChI=1S/C26H27N5O3S.C23H24BrN3O3S.2C22H21N5O2S.4CH2O2/c1-28-12-8-19(9-13-28)23-18-31(24-6-4-20(16-22(23)24)30-11-3-10-27-30)35(32,33)21-5-7-25-26(17-21)34-15-14-29(25)2;1-3-18-4-5-19-20(15-6-9-26(2)10-7-15)14-27(23(19)25-18)31(28,29)21-13-17(24)12-16-8-11-30-22(16)21;1-25-12-7-17(8-13-25)21-16-27(30(28,29)19-4-2-9-23-15-19)22-6-5-18(14-20(21)22)26-11-3-10-24-26;1-25-10-6-17(7-11-25)21-15-27(30(28,29)19-3-2-8-23-14-19)22-5-4-18(13-20(21)22)26-12-9-24-16-26;4*2-1-3/h3-8,10-11,16-18H,9,12-15H2,1-2H3;4-6,12-14H,3,7-11H2,1-2H3;2-7,9-11,14-16H,8,12-13H2,1H3;2-6,8-9,12-16H,7,10-11H2,1H3;4*1H,(H,2,3). The van der Waals surface area contributed by atoms with Crippen molar-refractivity contribution in [2.24, 2.45) is 0 Å². The number of hydrogen-bond donors (Lipinski definition) is 4. The van der Waals surface area contributed by atoms with Gasteiger partial charge in [0.1, 0.15) is 32.8 Å². The van der Waals surface area contributed by atoms with Crippen LogP contribution in [-0.2, 0) is 72.1 Å². The molecular formula is C97H101BrN18O18S4. The first kappa shape index (κ1) is 99.7. The van der Waals surface area contributed by atoms with Crippen molar-refractivity contribution in [2.75, 3.05) is 112 Å². The second-order valence-electron chi connectivity index (χ2n) is 32.5. The summed E-state index contributed by atoms with van der Waals surface area (Å²) >= 11 is 3.47. The number of pyridine rings is 3. The van der Waals surface area contributed by atoms with E-state index in [0.717, 1.165) is 184 Å². The molecule has 5 aromatic carbocycles. The first-order valence-electron chi connectivity index (χ1n) is 43.6. The van der Waals surface area contributed by atoms with Crippen LogP contribution in [0.5, 0.6) is 11.5 Å².